The van der Waals surface area contributed by atoms with Gasteiger partial charge in [-0.25, -0.2) is 0 Å². The standard InChI is InChI=1S/C11H13BrOS/c1-9(13)14-8-2-3-10-4-6-11(12)7-5-10/h4-7H,2-3,8H2,1H3. The van der Waals surface area contributed by atoms with Gasteiger partial charge in [0, 0.05) is 17.1 Å². The number of benzene rings is 1. The Bertz CT molecular complexity index is 295. The molecule has 1 aromatic rings. The number of thioether (sulfide) groups is 1. The lowest BCUT2D eigenvalue weighted by Gasteiger charge is -2.00. The summed E-state index contributed by atoms with van der Waals surface area (Å²) < 4.78 is 1.11. The van der Waals surface area contributed by atoms with E-state index in [-0.39, 0.29) is 5.12 Å². The first-order valence-corrected chi connectivity index (χ1v) is 6.34. The van der Waals surface area contributed by atoms with Crippen LogP contribution in [0, 0.1) is 0 Å². The van der Waals surface area contributed by atoms with Gasteiger partial charge in [0.15, 0.2) is 5.12 Å². The summed E-state index contributed by atoms with van der Waals surface area (Å²) in [5.74, 6) is 0.922. The molecule has 0 N–H and O–H groups in total. The second kappa shape index (κ2) is 6.25. The lowest BCUT2D eigenvalue weighted by atomic mass is 10.1. The summed E-state index contributed by atoms with van der Waals surface area (Å²) in [6.45, 7) is 1.62. The van der Waals surface area contributed by atoms with Crippen molar-refractivity contribution in [2.24, 2.45) is 0 Å². The lowest BCUT2D eigenvalue weighted by Crippen LogP contribution is -1.90. The summed E-state index contributed by atoms with van der Waals surface area (Å²) >= 11 is 4.80. The van der Waals surface area contributed by atoms with E-state index in [1.54, 1.807) is 6.92 Å². The number of rotatable bonds is 4. The van der Waals surface area contributed by atoms with Gasteiger partial charge in [0.1, 0.15) is 0 Å². The third kappa shape index (κ3) is 4.82. The van der Waals surface area contributed by atoms with Gasteiger partial charge in [-0.1, -0.05) is 39.8 Å². The van der Waals surface area contributed by atoms with Gasteiger partial charge in [-0.05, 0) is 30.5 Å². The maximum atomic E-state index is 10.7. The third-order valence-corrected chi connectivity index (χ3v) is 3.26. The fourth-order valence-electron chi connectivity index (χ4n) is 1.14. The molecule has 0 aliphatic heterocycles. The van der Waals surface area contributed by atoms with E-state index < -0.39 is 0 Å². The molecule has 1 aromatic carbocycles. The van der Waals surface area contributed by atoms with Crippen molar-refractivity contribution >= 4 is 32.8 Å². The first kappa shape index (κ1) is 11.8. The predicted octanol–water partition coefficient (Wildman–Crippen LogP) is 3.66. The first-order valence-electron chi connectivity index (χ1n) is 4.56. The molecule has 0 atom stereocenters. The fourth-order valence-corrected chi connectivity index (χ4v) is 1.98. The smallest absolute Gasteiger partial charge is 0.185 e. The monoisotopic (exact) mass is 272 g/mol. The van der Waals surface area contributed by atoms with Crippen LogP contribution in [-0.2, 0) is 11.2 Å². The Balaban J connectivity index is 2.25. The van der Waals surface area contributed by atoms with Crippen LogP contribution < -0.4 is 0 Å². The topological polar surface area (TPSA) is 17.1 Å². The second-order valence-electron chi connectivity index (χ2n) is 3.07. The van der Waals surface area contributed by atoms with Crippen molar-refractivity contribution in [3.8, 4) is 0 Å². The second-order valence-corrected chi connectivity index (χ2v) is 5.26. The highest BCUT2D eigenvalue weighted by atomic mass is 79.9. The molecule has 0 amide bonds. The van der Waals surface area contributed by atoms with Crippen molar-refractivity contribution in [2.45, 2.75) is 19.8 Å². The fraction of sp³-hybridized carbons (Fsp3) is 0.364. The molecule has 1 rings (SSSR count). The zero-order valence-electron chi connectivity index (χ0n) is 8.13. The molecule has 1 nitrogen and oxygen atoms in total. The summed E-state index contributed by atoms with van der Waals surface area (Å²) in [5, 5.41) is 0.209. The molecule has 0 saturated carbocycles. The molecule has 0 fully saturated rings. The van der Waals surface area contributed by atoms with Gasteiger partial charge in [0.2, 0.25) is 0 Å². The molecule has 0 aromatic heterocycles. The maximum Gasteiger partial charge on any atom is 0.185 e. The van der Waals surface area contributed by atoms with Gasteiger partial charge < -0.3 is 0 Å². The molecular weight excluding hydrogens is 260 g/mol. The van der Waals surface area contributed by atoms with E-state index in [1.807, 2.05) is 12.1 Å². The SMILES string of the molecule is CC(=O)SCCCc1ccc(Br)cc1. The molecule has 14 heavy (non-hydrogen) atoms. The molecule has 0 aliphatic carbocycles. The van der Waals surface area contributed by atoms with E-state index in [1.165, 1.54) is 17.3 Å². The molecule has 0 radical (unpaired) electrons. The van der Waals surface area contributed by atoms with Crippen LogP contribution in [0.15, 0.2) is 28.7 Å². The van der Waals surface area contributed by atoms with E-state index in [0.717, 1.165) is 23.1 Å². The minimum atomic E-state index is 0.209. The minimum Gasteiger partial charge on any atom is -0.288 e. The molecular formula is C11H13BrOS. The van der Waals surface area contributed by atoms with Gasteiger partial charge in [-0.15, -0.1) is 0 Å². The van der Waals surface area contributed by atoms with Crippen molar-refractivity contribution in [3.63, 3.8) is 0 Å². The van der Waals surface area contributed by atoms with E-state index in [9.17, 15) is 4.79 Å². The molecule has 0 bridgehead atoms. The Morgan fingerprint density at radius 2 is 2.00 bits per heavy atom. The van der Waals surface area contributed by atoms with Crippen molar-refractivity contribution in [2.75, 3.05) is 5.75 Å². The first-order chi connectivity index (χ1) is 6.68. The van der Waals surface area contributed by atoms with Crippen LogP contribution in [0.2, 0.25) is 0 Å². The summed E-state index contributed by atoms with van der Waals surface area (Å²) in [4.78, 5) is 10.7. The van der Waals surface area contributed by atoms with Crippen LogP contribution in [0.3, 0.4) is 0 Å². The molecule has 0 aliphatic rings. The third-order valence-electron chi connectivity index (χ3n) is 1.83. The maximum absolute atomic E-state index is 10.7. The van der Waals surface area contributed by atoms with Crippen LogP contribution >= 0.6 is 27.7 Å². The summed E-state index contributed by atoms with van der Waals surface area (Å²) in [6, 6.07) is 8.33. The predicted molar refractivity (Wildman–Crippen MR) is 65.6 cm³/mol. The number of carbonyl (C=O) groups is 1. The molecule has 0 spiro atoms. The largest absolute Gasteiger partial charge is 0.288 e. The van der Waals surface area contributed by atoms with Gasteiger partial charge >= 0.3 is 0 Å². The van der Waals surface area contributed by atoms with Crippen LogP contribution in [0.25, 0.3) is 0 Å². The minimum absolute atomic E-state index is 0.209. The van der Waals surface area contributed by atoms with E-state index in [2.05, 4.69) is 28.1 Å². The van der Waals surface area contributed by atoms with E-state index in [4.69, 9.17) is 0 Å². The highest BCUT2D eigenvalue weighted by molar-refractivity contribution is 9.10. The Kier molecular flexibility index (Phi) is 5.26. The Morgan fingerprint density at radius 3 is 2.57 bits per heavy atom. The van der Waals surface area contributed by atoms with Crippen LogP contribution in [0.4, 0.5) is 0 Å². The van der Waals surface area contributed by atoms with Crippen molar-refractivity contribution in [1.82, 2.24) is 0 Å². The molecule has 76 valence electrons. The summed E-state index contributed by atoms with van der Waals surface area (Å²) in [5.41, 5.74) is 1.33. The number of carbonyl (C=O) groups excluding carboxylic acids is 1. The van der Waals surface area contributed by atoms with Crippen molar-refractivity contribution in [3.05, 3.63) is 34.3 Å². The van der Waals surface area contributed by atoms with E-state index in [0.29, 0.717) is 0 Å². The van der Waals surface area contributed by atoms with E-state index >= 15 is 0 Å². The quantitative estimate of drug-likeness (QED) is 0.779. The molecule has 0 saturated heterocycles. The number of halogens is 1. The zero-order chi connectivity index (χ0) is 10.4. The van der Waals surface area contributed by atoms with Gasteiger partial charge in [-0.2, -0.15) is 0 Å². The normalized spacial score (nSPS) is 10.1. The summed E-state index contributed by atoms with van der Waals surface area (Å²) in [6.07, 6.45) is 2.11. The van der Waals surface area contributed by atoms with Crippen molar-refractivity contribution in [1.29, 1.82) is 0 Å². The highest BCUT2D eigenvalue weighted by Crippen LogP contribution is 2.13. The molecule has 0 unspecified atom stereocenters. The molecule has 3 heteroatoms. The highest BCUT2D eigenvalue weighted by Gasteiger charge is 1.96. The van der Waals surface area contributed by atoms with Crippen LogP contribution in [0.5, 0.6) is 0 Å². The molecule has 0 heterocycles. The van der Waals surface area contributed by atoms with Gasteiger partial charge in [-0.3, -0.25) is 4.79 Å². The van der Waals surface area contributed by atoms with Crippen LogP contribution in [0.1, 0.15) is 18.9 Å². The average molecular weight is 273 g/mol. The Hall–Kier alpha value is -0.280. The lowest BCUT2D eigenvalue weighted by molar-refractivity contribution is -0.109. The Labute approximate surface area is 97.4 Å². The number of hydrogen-bond acceptors (Lipinski definition) is 2. The summed E-state index contributed by atoms with van der Waals surface area (Å²) in [7, 11) is 0. The van der Waals surface area contributed by atoms with Crippen molar-refractivity contribution < 1.29 is 4.79 Å². The van der Waals surface area contributed by atoms with Crippen LogP contribution in [-0.4, -0.2) is 10.9 Å². The average Bonchev–Trinajstić information content (AvgIpc) is 2.15. The number of hydrogen-bond donors (Lipinski definition) is 0. The zero-order valence-corrected chi connectivity index (χ0v) is 10.5. The van der Waals surface area contributed by atoms with Gasteiger partial charge in [0.25, 0.3) is 0 Å². The number of aryl methyl sites for hydroxylation is 1. The van der Waals surface area contributed by atoms with Gasteiger partial charge in [0.05, 0.1) is 0 Å². The Morgan fingerprint density at radius 1 is 1.36 bits per heavy atom.